The minimum Gasteiger partial charge on any atom is -0.493 e. The van der Waals surface area contributed by atoms with E-state index in [2.05, 4.69) is 19.2 Å². The van der Waals surface area contributed by atoms with Gasteiger partial charge in [-0.05, 0) is 81.3 Å². The Labute approximate surface area is 184 Å². The molecule has 3 rings (SSSR count). The van der Waals surface area contributed by atoms with Crippen LogP contribution in [0.4, 0.5) is 5.69 Å². The monoisotopic (exact) mass is 419 g/mol. The zero-order valence-corrected chi connectivity index (χ0v) is 18.5. The lowest BCUT2D eigenvalue weighted by Gasteiger charge is -2.15. The predicted octanol–water partition coefficient (Wildman–Crippen LogP) is 5.93. The normalized spacial score (nSPS) is 10.5. The summed E-state index contributed by atoms with van der Waals surface area (Å²) < 4.78 is 17.3. The largest absolute Gasteiger partial charge is 0.493 e. The maximum atomic E-state index is 12.9. The second-order valence-corrected chi connectivity index (χ2v) is 7.17. The zero-order chi connectivity index (χ0) is 22.2. The molecule has 1 N–H and O–H groups in total. The second-order valence-electron chi connectivity index (χ2n) is 7.17. The number of carbonyl (C=O) groups is 1. The molecule has 0 fully saturated rings. The minimum absolute atomic E-state index is 0.220. The van der Waals surface area contributed by atoms with Crippen LogP contribution in [0, 0.1) is 13.8 Å². The van der Waals surface area contributed by atoms with Crippen LogP contribution in [-0.2, 0) is 6.61 Å². The van der Waals surface area contributed by atoms with E-state index in [0.29, 0.717) is 42.6 Å². The van der Waals surface area contributed by atoms with Crippen molar-refractivity contribution in [2.24, 2.45) is 0 Å². The van der Waals surface area contributed by atoms with E-state index in [1.165, 1.54) is 11.1 Å². The number of ether oxygens (including phenoxy) is 3. The molecule has 0 atom stereocenters. The Kier molecular flexibility index (Phi) is 7.55. The van der Waals surface area contributed by atoms with E-state index in [9.17, 15) is 4.79 Å². The van der Waals surface area contributed by atoms with Crippen LogP contribution < -0.4 is 19.5 Å². The van der Waals surface area contributed by atoms with E-state index >= 15 is 0 Å². The van der Waals surface area contributed by atoms with Gasteiger partial charge in [-0.1, -0.05) is 18.2 Å². The first-order valence-electron chi connectivity index (χ1n) is 10.5. The molecular weight excluding hydrogens is 390 g/mol. The van der Waals surface area contributed by atoms with Crippen LogP contribution in [0.3, 0.4) is 0 Å². The molecule has 0 aliphatic heterocycles. The summed E-state index contributed by atoms with van der Waals surface area (Å²) in [6.45, 7) is 9.32. The Morgan fingerprint density at radius 1 is 0.806 bits per heavy atom. The quantitative estimate of drug-likeness (QED) is 0.467. The molecule has 0 saturated heterocycles. The predicted molar refractivity (Wildman–Crippen MR) is 123 cm³/mol. The summed E-state index contributed by atoms with van der Waals surface area (Å²) in [5.41, 5.74) is 4.35. The number of para-hydroxylation sites is 2. The summed E-state index contributed by atoms with van der Waals surface area (Å²) in [6, 6.07) is 18.8. The zero-order valence-electron chi connectivity index (χ0n) is 18.5. The Balaban J connectivity index is 1.80. The Morgan fingerprint density at radius 2 is 1.55 bits per heavy atom. The number of rotatable bonds is 9. The third-order valence-electron chi connectivity index (χ3n) is 4.93. The van der Waals surface area contributed by atoms with Crippen LogP contribution in [0.5, 0.6) is 17.2 Å². The van der Waals surface area contributed by atoms with Crippen LogP contribution >= 0.6 is 0 Å². The maximum Gasteiger partial charge on any atom is 0.255 e. The van der Waals surface area contributed by atoms with Crippen LogP contribution in [-0.4, -0.2) is 19.1 Å². The lowest BCUT2D eigenvalue weighted by atomic mass is 10.1. The number of carbonyl (C=O) groups excluding carboxylic acids is 1. The molecule has 3 aromatic rings. The highest BCUT2D eigenvalue weighted by Gasteiger charge is 2.14. The minimum atomic E-state index is -0.220. The number of hydrogen-bond donors (Lipinski definition) is 1. The summed E-state index contributed by atoms with van der Waals surface area (Å²) in [7, 11) is 0. The van der Waals surface area contributed by atoms with E-state index in [4.69, 9.17) is 14.2 Å². The highest BCUT2D eigenvalue weighted by molar-refractivity contribution is 6.05. The SMILES string of the molecule is CCOc1ccc(C(=O)Nc2ccccc2OCC)cc1COc1ccc(C)c(C)c1. The van der Waals surface area contributed by atoms with E-state index in [0.717, 1.165) is 11.3 Å². The van der Waals surface area contributed by atoms with Gasteiger partial charge >= 0.3 is 0 Å². The second kappa shape index (κ2) is 10.5. The average molecular weight is 420 g/mol. The van der Waals surface area contributed by atoms with Gasteiger partial charge in [0.15, 0.2) is 0 Å². The van der Waals surface area contributed by atoms with Gasteiger partial charge in [0.25, 0.3) is 5.91 Å². The third-order valence-corrected chi connectivity index (χ3v) is 4.93. The van der Waals surface area contributed by atoms with Gasteiger partial charge in [-0.15, -0.1) is 0 Å². The van der Waals surface area contributed by atoms with Crippen molar-refractivity contribution in [3.05, 3.63) is 82.9 Å². The Morgan fingerprint density at radius 3 is 2.29 bits per heavy atom. The lowest BCUT2D eigenvalue weighted by molar-refractivity contribution is 0.102. The average Bonchev–Trinajstić information content (AvgIpc) is 2.77. The molecule has 0 bridgehead atoms. The molecule has 0 aliphatic rings. The van der Waals surface area contributed by atoms with Crippen molar-refractivity contribution in [1.82, 2.24) is 0 Å². The van der Waals surface area contributed by atoms with Gasteiger partial charge in [-0.3, -0.25) is 4.79 Å². The first-order chi connectivity index (χ1) is 15.0. The summed E-state index contributed by atoms with van der Waals surface area (Å²) in [6.07, 6.45) is 0. The molecule has 0 spiro atoms. The van der Waals surface area contributed by atoms with Crippen molar-refractivity contribution in [1.29, 1.82) is 0 Å². The van der Waals surface area contributed by atoms with Crippen molar-refractivity contribution in [3.63, 3.8) is 0 Å². The number of anilines is 1. The van der Waals surface area contributed by atoms with Gasteiger partial charge in [0, 0.05) is 11.1 Å². The molecule has 0 aliphatic carbocycles. The first kappa shape index (κ1) is 22.2. The number of benzene rings is 3. The van der Waals surface area contributed by atoms with E-state index < -0.39 is 0 Å². The standard InChI is InChI=1S/C26H29NO4/c1-5-29-24-14-12-20(26(28)27-23-9-7-8-10-25(23)30-6-2)16-21(24)17-31-22-13-11-18(3)19(4)15-22/h7-16H,5-6,17H2,1-4H3,(H,27,28). The highest BCUT2D eigenvalue weighted by atomic mass is 16.5. The Hall–Kier alpha value is -3.47. The van der Waals surface area contributed by atoms with Crippen molar-refractivity contribution < 1.29 is 19.0 Å². The van der Waals surface area contributed by atoms with Gasteiger partial charge in [0.1, 0.15) is 23.9 Å². The van der Waals surface area contributed by atoms with Crippen molar-refractivity contribution >= 4 is 11.6 Å². The van der Waals surface area contributed by atoms with Crippen molar-refractivity contribution in [2.75, 3.05) is 18.5 Å². The number of aryl methyl sites for hydroxylation is 2. The van der Waals surface area contributed by atoms with Gasteiger partial charge < -0.3 is 19.5 Å². The fourth-order valence-electron chi connectivity index (χ4n) is 3.14. The fourth-order valence-corrected chi connectivity index (χ4v) is 3.14. The summed E-state index contributed by atoms with van der Waals surface area (Å²) in [4.78, 5) is 12.9. The molecular formula is C26H29NO4. The molecule has 31 heavy (non-hydrogen) atoms. The molecule has 0 unspecified atom stereocenters. The van der Waals surface area contributed by atoms with Crippen LogP contribution in [0.15, 0.2) is 60.7 Å². The number of nitrogens with one attached hydrogen (secondary N) is 1. The van der Waals surface area contributed by atoms with E-state index in [1.54, 1.807) is 6.07 Å². The summed E-state index contributed by atoms with van der Waals surface area (Å²) in [5, 5.41) is 2.93. The molecule has 0 saturated carbocycles. The van der Waals surface area contributed by atoms with Crippen molar-refractivity contribution in [3.8, 4) is 17.2 Å². The molecule has 162 valence electrons. The summed E-state index contributed by atoms with van der Waals surface area (Å²) in [5.74, 6) is 1.91. The molecule has 5 heteroatoms. The molecule has 0 heterocycles. The summed E-state index contributed by atoms with van der Waals surface area (Å²) >= 11 is 0. The number of amides is 1. The van der Waals surface area contributed by atoms with Gasteiger partial charge in [-0.2, -0.15) is 0 Å². The maximum absolute atomic E-state index is 12.9. The van der Waals surface area contributed by atoms with E-state index in [-0.39, 0.29) is 5.91 Å². The lowest BCUT2D eigenvalue weighted by Crippen LogP contribution is -2.14. The highest BCUT2D eigenvalue weighted by Crippen LogP contribution is 2.27. The van der Waals surface area contributed by atoms with Crippen LogP contribution in [0.1, 0.15) is 40.9 Å². The molecule has 1 amide bonds. The van der Waals surface area contributed by atoms with Gasteiger partial charge in [0.05, 0.1) is 18.9 Å². The molecule has 3 aromatic carbocycles. The third kappa shape index (κ3) is 5.79. The fraction of sp³-hybridized carbons (Fsp3) is 0.269. The smallest absolute Gasteiger partial charge is 0.255 e. The van der Waals surface area contributed by atoms with Crippen molar-refractivity contribution in [2.45, 2.75) is 34.3 Å². The van der Waals surface area contributed by atoms with Gasteiger partial charge in [0.2, 0.25) is 0 Å². The van der Waals surface area contributed by atoms with Gasteiger partial charge in [-0.25, -0.2) is 0 Å². The number of hydrogen-bond acceptors (Lipinski definition) is 4. The van der Waals surface area contributed by atoms with Crippen LogP contribution in [0.2, 0.25) is 0 Å². The van der Waals surface area contributed by atoms with Crippen LogP contribution in [0.25, 0.3) is 0 Å². The molecule has 5 nitrogen and oxygen atoms in total. The Bertz CT molecular complexity index is 1050. The topological polar surface area (TPSA) is 56.8 Å². The van der Waals surface area contributed by atoms with E-state index in [1.807, 2.05) is 68.4 Å². The molecule has 0 aromatic heterocycles. The first-order valence-corrected chi connectivity index (χ1v) is 10.5. The molecule has 0 radical (unpaired) electrons.